The van der Waals surface area contributed by atoms with Gasteiger partial charge in [0.25, 0.3) is 11.8 Å². The van der Waals surface area contributed by atoms with E-state index in [-0.39, 0.29) is 5.57 Å². The van der Waals surface area contributed by atoms with Crippen molar-refractivity contribution in [2.24, 2.45) is 0 Å². The van der Waals surface area contributed by atoms with Gasteiger partial charge in [0.15, 0.2) is 0 Å². The van der Waals surface area contributed by atoms with Gasteiger partial charge in [0.2, 0.25) is 0 Å². The van der Waals surface area contributed by atoms with Gasteiger partial charge in [-0.1, -0.05) is 54.1 Å². The number of rotatable bonds is 4. The third kappa shape index (κ3) is 4.32. The third-order valence-electron chi connectivity index (χ3n) is 6.01. The largest absolute Gasteiger partial charge is 0.367 e. The molecule has 34 heavy (non-hydrogen) atoms. The first kappa shape index (κ1) is 21.9. The Hall–Kier alpha value is -3.90. The highest BCUT2D eigenvalue weighted by molar-refractivity contribution is 6.39. The normalized spacial score (nSPS) is 17.1. The highest BCUT2D eigenvalue weighted by atomic mass is 35.5. The quantitative estimate of drug-likeness (QED) is 0.431. The molecule has 0 radical (unpaired) electrons. The molecule has 0 spiro atoms. The highest BCUT2D eigenvalue weighted by Crippen LogP contribution is 2.31. The van der Waals surface area contributed by atoms with Crippen molar-refractivity contribution in [2.75, 3.05) is 16.3 Å². The summed E-state index contributed by atoms with van der Waals surface area (Å²) < 4.78 is 0. The molecule has 1 saturated heterocycles. The molecule has 3 aromatic carbocycles. The number of benzene rings is 3. The first-order chi connectivity index (χ1) is 16.5. The number of aryl methyl sites for hydroxylation is 1. The highest BCUT2D eigenvalue weighted by Gasteiger charge is 2.37. The molecule has 0 aliphatic carbocycles. The zero-order chi connectivity index (χ0) is 23.7. The summed E-state index contributed by atoms with van der Waals surface area (Å²) >= 11 is 6.03. The van der Waals surface area contributed by atoms with Gasteiger partial charge in [-0.15, -0.1) is 0 Å². The molecule has 0 atom stereocenters. The number of carbonyl (C=O) groups is 3. The van der Waals surface area contributed by atoms with Gasteiger partial charge < -0.3 is 4.90 Å². The van der Waals surface area contributed by atoms with Crippen LogP contribution in [0, 0.1) is 0 Å². The van der Waals surface area contributed by atoms with Crippen molar-refractivity contribution in [1.82, 2.24) is 5.32 Å². The molecule has 0 unspecified atom stereocenters. The van der Waals surface area contributed by atoms with E-state index < -0.39 is 17.8 Å². The molecule has 1 N–H and O–H groups in total. The van der Waals surface area contributed by atoms with Crippen molar-refractivity contribution in [3.63, 3.8) is 0 Å². The number of barbiturate groups is 1. The Bertz CT molecular complexity index is 1320. The number of imide groups is 2. The van der Waals surface area contributed by atoms with Crippen LogP contribution in [0.3, 0.4) is 0 Å². The molecule has 3 aromatic rings. The van der Waals surface area contributed by atoms with Crippen molar-refractivity contribution in [1.29, 1.82) is 0 Å². The molecule has 4 amide bonds. The van der Waals surface area contributed by atoms with E-state index in [9.17, 15) is 14.4 Å². The third-order valence-corrected chi connectivity index (χ3v) is 6.25. The number of hydrogen-bond donors (Lipinski definition) is 1. The van der Waals surface area contributed by atoms with Gasteiger partial charge in [0, 0.05) is 23.8 Å². The van der Waals surface area contributed by atoms with E-state index in [0.717, 1.165) is 42.1 Å². The lowest BCUT2D eigenvalue weighted by molar-refractivity contribution is -0.122. The number of carbonyl (C=O) groups excluding carboxylic acids is 3. The molecule has 2 heterocycles. The van der Waals surface area contributed by atoms with Gasteiger partial charge in [0.05, 0.1) is 5.69 Å². The van der Waals surface area contributed by atoms with E-state index in [1.54, 1.807) is 18.2 Å². The summed E-state index contributed by atoms with van der Waals surface area (Å²) in [6.07, 6.45) is 3.49. The molecule has 0 bridgehead atoms. The Morgan fingerprint density at radius 2 is 1.76 bits per heavy atom. The molecule has 1 fully saturated rings. The fraction of sp³-hybridized carbons (Fsp3) is 0.148. The van der Waals surface area contributed by atoms with E-state index in [4.69, 9.17) is 11.6 Å². The first-order valence-corrected chi connectivity index (χ1v) is 11.5. The average molecular weight is 472 g/mol. The molecular formula is C27H22ClN3O3. The van der Waals surface area contributed by atoms with Crippen molar-refractivity contribution in [2.45, 2.75) is 19.4 Å². The van der Waals surface area contributed by atoms with Crippen LogP contribution < -0.4 is 15.1 Å². The Morgan fingerprint density at radius 1 is 0.941 bits per heavy atom. The number of amides is 4. The van der Waals surface area contributed by atoms with Crippen molar-refractivity contribution in [3.8, 4) is 0 Å². The van der Waals surface area contributed by atoms with E-state index in [2.05, 4.69) is 22.3 Å². The van der Waals surface area contributed by atoms with Gasteiger partial charge in [-0.05, 0) is 65.9 Å². The minimum absolute atomic E-state index is 0.100. The van der Waals surface area contributed by atoms with Gasteiger partial charge in [-0.25, -0.2) is 9.69 Å². The van der Waals surface area contributed by atoms with Crippen LogP contribution in [0.2, 0.25) is 5.02 Å². The number of urea groups is 1. The van der Waals surface area contributed by atoms with Gasteiger partial charge in [-0.2, -0.15) is 0 Å². The number of nitrogens with zero attached hydrogens (tertiary/aromatic N) is 2. The summed E-state index contributed by atoms with van der Waals surface area (Å²) in [7, 11) is 0. The molecular weight excluding hydrogens is 450 g/mol. The van der Waals surface area contributed by atoms with Gasteiger partial charge in [-0.3, -0.25) is 14.9 Å². The average Bonchev–Trinajstić information content (AvgIpc) is 2.82. The summed E-state index contributed by atoms with van der Waals surface area (Å²) in [5.41, 5.74) is 4.51. The molecule has 6 nitrogen and oxygen atoms in total. The molecule has 0 saturated carbocycles. The van der Waals surface area contributed by atoms with Crippen LogP contribution in [-0.4, -0.2) is 24.4 Å². The lowest BCUT2D eigenvalue weighted by atomic mass is 9.97. The van der Waals surface area contributed by atoms with Gasteiger partial charge in [0.1, 0.15) is 5.57 Å². The lowest BCUT2D eigenvalue weighted by Gasteiger charge is -2.32. The second-order valence-corrected chi connectivity index (χ2v) is 8.77. The van der Waals surface area contributed by atoms with Crippen LogP contribution >= 0.6 is 11.6 Å². The number of hydrogen-bond acceptors (Lipinski definition) is 4. The Labute approximate surface area is 202 Å². The number of halogens is 1. The fourth-order valence-electron chi connectivity index (χ4n) is 4.43. The smallest absolute Gasteiger partial charge is 0.335 e. The first-order valence-electron chi connectivity index (χ1n) is 11.1. The lowest BCUT2D eigenvalue weighted by Crippen LogP contribution is -2.54. The molecule has 2 aliphatic rings. The monoisotopic (exact) mass is 471 g/mol. The predicted molar refractivity (Wildman–Crippen MR) is 133 cm³/mol. The summed E-state index contributed by atoms with van der Waals surface area (Å²) in [4.78, 5) is 41.3. The van der Waals surface area contributed by atoms with Crippen molar-refractivity contribution < 1.29 is 14.4 Å². The maximum atomic E-state index is 13.1. The maximum Gasteiger partial charge on any atom is 0.335 e. The second kappa shape index (κ2) is 9.15. The zero-order valence-electron chi connectivity index (χ0n) is 18.3. The fourth-order valence-corrected chi connectivity index (χ4v) is 4.61. The van der Waals surface area contributed by atoms with Crippen LogP contribution in [-0.2, 0) is 22.6 Å². The maximum absolute atomic E-state index is 13.1. The molecule has 7 heteroatoms. The van der Waals surface area contributed by atoms with Crippen molar-refractivity contribution in [3.05, 3.63) is 100 Å². The van der Waals surface area contributed by atoms with Crippen molar-refractivity contribution >= 4 is 46.9 Å². The van der Waals surface area contributed by atoms with Crippen LogP contribution in [0.25, 0.3) is 6.08 Å². The minimum atomic E-state index is -0.795. The predicted octanol–water partition coefficient (Wildman–Crippen LogP) is 4.96. The Kier molecular flexibility index (Phi) is 5.90. The Morgan fingerprint density at radius 3 is 2.56 bits per heavy atom. The standard InChI is InChI=1S/C27H22ClN3O3/c28-21-9-4-10-22(16-21)31-26(33)23(25(32)29-27(31)34)15-19-11-12-24-20(14-19)8-5-13-30(24)17-18-6-2-1-3-7-18/h1-4,6-7,9-12,14-16H,5,8,13,17H2,(H,29,32,34). The van der Waals surface area contributed by atoms with Crippen LogP contribution in [0.15, 0.2) is 78.4 Å². The summed E-state index contributed by atoms with van der Waals surface area (Å²) in [5, 5.41) is 2.64. The molecule has 0 aromatic heterocycles. The van der Waals surface area contributed by atoms with E-state index in [1.165, 1.54) is 23.3 Å². The number of fused-ring (bicyclic) bond motifs is 1. The molecule has 2 aliphatic heterocycles. The summed E-state index contributed by atoms with van der Waals surface area (Å²) in [6.45, 7) is 1.80. The van der Waals surface area contributed by atoms with Gasteiger partial charge >= 0.3 is 6.03 Å². The SMILES string of the molecule is O=C1NC(=O)N(c2cccc(Cl)c2)C(=O)C1=Cc1ccc2c(c1)CCCN2Cc1ccccc1. The number of anilines is 2. The second-order valence-electron chi connectivity index (χ2n) is 8.34. The van der Waals surface area contributed by atoms with E-state index in [1.807, 2.05) is 36.4 Å². The number of nitrogens with one attached hydrogen (secondary N) is 1. The van der Waals surface area contributed by atoms with Crippen LogP contribution in [0.1, 0.15) is 23.1 Å². The van der Waals surface area contributed by atoms with Crippen LogP contribution in [0.4, 0.5) is 16.2 Å². The van der Waals surface area contributed by atoms with E-state index >= 15 is 0 Å². The summed E-state index contributed by atoms with van der Waals surface area (Å²) in [5.74, 6) is -1.39. The Balaban J connectivity index is 1.44. The summed E-state index contributed by atoms with van der Waals surface area (Å²) in [6, 6.07) is 21.9. The van der Waals surface area contributed by atoms with Crippen LogP contribution in [0.5, 0.6) is 0 Å². The van der Waals surface area contributed by atoms with E-state index in [0.29, 0.717) is 10.7 Å². The minimum Gasteiger partial charge on any atom is -0.367 e. The zero-order valence-corrected chi connectivity index (χ0v) is 19.1. The topological polar surface area (TPSA) is 69.7 Å². The molecule has 170 valence electrons. The molecule has 5 rings (SSSR count).